The van der Waals surface area contributed by atoms with Gasteiger partial charge in [0.1, 0.15) is 23.4 Å². The summed E-state index contributed by atoms with van der Waals surface area (Å²) in [5.74, 6) is -3.19. The highest BCUT2D eigenvalue weighted by Crippen LogP contribution is 2.44. The van der Waals surface area contributed by atoms with Crippen molar-refractivity contribution in [2.45, 2.75) is 38.1 Å². The van der Waals surface area contributed by atoms with Crippen molar-refractivity contribution in [1.82, 2.24) is 20.0 Å². The molecule has 0 aliphatic carbocycles. The van der Waals surface area contributed by atoms with Gasteiger partial charge in [-0.2, -0.15) is 0 Å². The number of carbonyl (C=O) groups excluding carboxylic acids is 2. The van der Waals surface area contributed by atoms with E-state index in [9.17, 15) is 28.6 Å². The summed E-state index contributed by atoms with van der Waals surface area (Å²) in [6, 6.07) is 2.61. The van der Waals surface area contributed by atoms with E-state index in [4.69, 9.17) is 0 Å². The molecule has 2 amide bonds. The first-order valence-corrected chi connectivity index (χ1v) is 10.5. The lowest BCUT2D eigenvalue weighted by Gasteiger charge is -2.43. The molecule has 10 heteroatoms. The molecule has 3 N–H and O–H groups in total. The highest BCUT2D eigenvalue weighted by molar-refractivity contribution is 6.00. The minimum Gasteiger partial charge on any atom is -0.507 e. The van der Waals surface area contributed by atoms with Gasteiger partial charge in [0.25, 0.3) is 11.8 Å². The number of piperazine rings is 1. The van der Waals surface area contributed by atoms with E-state index < -0.39 is 35.3 Å². The number of nitrogens with one attached hydrogen (secondary N) is 1. The maximum atomic E-state index is 14.0. The normalized spacial score (nSPS) is 25.1. The number of likely N-dealkylation sites (N-methyl/N-ethyl adjacent to an activating group) is 2. The average molecular weight is 448 g/mol. The van der Waals surface area contributed by atoms with Crippen LogP contribution in [0.1, 0.15) is 18.9 Å². The summed E-state index contributed by atoms with van der Waals surface area (Å²) in [5.41, 5.74) is 0.460. The van der Waals surface area contributed by atoms with E-state index >= 15 is 0 Å². The van der Waals surface area contributed by atoms with Crippen LogP contribution in [0.3, 0.4) is 0 Å². The summed E-state index contributed by atoms with van der Waals surface area (Å²) in [6.07, 6.45) is -1.10. The zero-order valence-corrected chi connectivity index (χ0v) is 18.1. The molecular formula is C22H26F2N4O4. The van der Waals surface area contributed by atoms with Crippen LogP contribution in [0.2, 0.25) is 0 Å². The number of amides is 2. The minimum absolute atomic E-state index is 0.00363. The first-order valence-electron chi connectivity index (χ1n) is 10.5. The maximum absolute atomic E-state index is 14.0. The number of hydrogen-bond donors (Lipinski definition) is 3. The van der Waals surface area contributed by atoms with Crippen LogP contribution in [0, 0.1) is 11.6 Å². The second-order valence-electron chi connectivity index (χ2n) is 8.44. The SMILES string of the molecule is CCN1C[C@@H]2C[C@@H](N(C)C)C3=C(C(=O)NCc4ccc(F)cc4F)C(O)C(O)=C(C1=O)N32. The smallest absolute Gasteiger partial charge is 0.274 e. The lowest BCUT2D eigenvalue weighted by atomic mass is 9.94. The third kappa shape index (κ3) is 3.43. The second-order valence-corrected chi connectivity index (χ2v) is 8.44. The number of hydrogen-bond acceptors (Lipinski definition) is 6. The molecule has 3 aliphatic rings. The van der Waals surface area contributed by atoms with Crippen molar-refractivity contribution in [3.8, 4) is 0 Å². The zero-order valence-electron chi connectivity index (χ0n) is 18.1. The standard InChI is InChI=1S/C22H26F2N4O4/c1-4-27-10-13-8-15(26(2)3)17-16(19(29)20(30)18(22(27)32)28(13)17)21(31)25-9-11-5-6-12(23)7-14(11)24/h5-7,13,15,19,29-30H,4,8-10H2,1-3H3,(H,25,31)/t13-,15+,19?/m0/s1. The van der Waals surface area contributed by atoms with Crippen LogP contribution in [0.4, 0.5) is 8.78 Å². The molecule has 3 atom stereocenters. The third-order valence-electron chi connectivity index (χ3n) is 6.35. The first kappa shape index (κ1) is 22.2. The van der Waals surface area contributed by atoms with E-state index in [-0.39, 0.29) is 35.5 Å². The number of aliphatic hydroxyl groups excluding tert-OH is 2. The number of halogens is 2. The predicted octanol–water partition coefficient (Wildman–Crippen LogP) is 0.846. The van der Waals surface area contributed by atoms with Crippen LogP contribution in [0.25, 0.3) is 0 Å². The third-order valence-corrected chi connectivity index (χ3v) is 6.35. The largest absolute Gasteiger partial charge is 0.507 e. The van der Waals surface area contributed by atoms with E-state index in [2.05, 4.69) is 5.32 Å². The fourth-order valence-electron chi connectivity index (χ4n) is 4.73. The molecule has 0 saturated carbocycles. The lowest BCUT2D eigenvalue weighted by Crippen LogP contribution is -2.55. The highest BCUT2D eigenvalue weighted by Gasteiger charge is 2.53. The highest BCUT2D eigenvalue weighted by atomic mass is 19.1. The van der Waals surface area contributed by atoms with Gasteiger partial charge in [0.2, 0.25) is 0 Å². The summed E-state index contributed by atoms with van der Waals surface area (Å²) in [5, 5.41) is 24.2. The Morgan fingerprint density at radius 2 is 2.03 bits per heavy atom. The number of rotatable bonds is 5. The molecule has 0 aromatic heterocycles. The number of benzene rings is 1. The average Bonchev–Trinajstić information content (AvgIpc) is 3.11. The van der Waals surface area contributed by atoms with Crippen molar-refractivity contribution in [2.75, 3.05) is 27.2 Å². The van der Waals surface area contributed by atoms with Crippen LogP contribution in [-0.4, -0.2) is 82.1 Å². The Balaban J connectivity index is 1.71. The Hall–Kier alpha value is -2.98. The van der Waals surface area contributed by atoms with Gasteiger partial charge in [-0.25, -0.2) is 8.78 Å². The molecule has 0 spiro atoms. The molecule has 3 aliphatic heterocycles. The first-order chi connectivity index (χ1) is 15.1. The molecule has 172 valence electrons. The molecule has 1 aromatic carbocycles. The maximum Gasteiger partial charge on any atom is 0.274 e. The quantitative estimate of drug-likeness (QED) is 0.618. The lowest BCUT2D eigenvalue weighted by molar-refractivity contribution is -0.133. The van der Waals surface area contributed by atoms with Crippen LogP contribution in [0.15, 0.2) is 40.9 Å². The Morgan fingerprint density at radius 3 is 2.66 bits per heavy atom. The number of aliphatic hydroxyl groups is 2. The Kier molecular flexibility index (Phi) is 5.68. The van der Waals surface area contributed by atoms with Crippen LogP contribution < -0.4 is 5.32 Å². The van der Waals surface area contributed by atoms with Gasteiger partial charge in [-0.15, -0.1) is 0 Å². The topological polar surface area (TPSA) is 96.4 Å². The molecule has 4 rings (SSSR count). The van der Waals surface area contributed by atoms with E-state index in [1.165, 1.54) is 6.07 Å². The second kappa shape index (κ2) is 8.18. The van der Waals surface area contributed by atoms with Crippen LogP contribution in [0.5, 0.6) is 0 Å². The molecular weight excluding hydrogens is 422 g/mol. The minimum atomic E-state index is -1.70. The van der Waals surface area contributed by atoms with Crippen LogP contribution >= 0.6 is 0 Å². The fraction of sp³-hybridized carbons (Fsp3) is 0.455. The van der Waals surface area contributed by atoms with Crippen LogP contribution in [-0.2, 0) is 16.1 Å². The summed E-state index contributed by atoms with van der Waals surface area (Å²) in [7, 11) is 3.67. The van der Waals surface area contributed by atoms with Gasteiger partial charge >= 0.3 is 0 Å². The molecule has 2 fully saturated rings. The molecule has 32 heavy (non-hydrogen) atoms. The van der Waals surface area contributed by atoms with Crippen molar-refractivity contribution >= 4 is 11.8 Å². The summed E-state index contributed by atoms with van der Waals surface area (Å²) in [6.45, 7) is 2.50. The molecule has 0 bridgehead atoms. The molecule has 0 radical (unpaired) electrons. The Morgan fingerprint density at radius 1 is 1.31 bits per heavy atom. The summed E-state index contributed by atoms with van der Waals surface area (Å²) in [4.78, 5) is 31.3. The number of nitrogens with zero attached hydrogens (tertiary/aromatic N) is 3. The Bertz CT molecular complexity index is 1040. The monoisotopic (exact) mass is 448 g/mol. The number of carbonyl (C=O) groups is 2. The van der Waals surface area contributed by atoms with E-state index in [1.54, 1.807) is 9.80 Å². The van der Waals surface area contributed by atoms with Gasteiger partial charge in [0.15, 0.2) is 5.76 Å². The predicted molar refractivity (Wildman–Crippen MR) is 111 cm³/mol. The Labute approximate surface area is 184 Å². The van der Waals surface area contributed by atoms with Crippen molar-refractivity contribution in [2.24, 2.45) is 0 Å². The van der Waals surface area contributed by atoms with Gasteiger partial charge in [0, 0.05) is 37.0 Å². The molecule has 2 saturated heterocycles. The van der Waals surface area contributed by atoms with E-state index in [0.29, 0.717) is 25.2 Å². The van der Waals surface area contributed by atoms with Crippen molar-refractivity contribution in [3.05, 3.63) is 58.1 Å². The van der Waals surface area contributed by atoms with Crippen molar-refractivity contribution in [3.63, 3.8) is 0 Å². The van der Waals surface area contributed by atoms with Gasteiger partial charge in [-0.05, 0) is 33.5 Å². The van der Waals surface area contributed by atoms with Crippen molar-refractivity contribution in [1.29, 1.82) is 0 Å². The van der Waals surface area contributed by atoms with Gasteiger partial charge in [-0.3, -0.25) is 9.59 Å². The fourth-order valence-corrected chi connectivity index (χ4v) is 4.73. The summed E-state index contributed by atoms with van der Waals surface area (Å²) < 4.78 is 27.1. The zero-order chi connectivity index (χ0) is 23.3. The molecule has 3 heterocycles. The molecule has 1 aromatic rings. The van der Waals surface area contributed by atoms with Gasteiger partial charge < -0.3 is 30.2 Å². The van der Waals surface area contributed by atoms with Gasteiger partial charge in [-0.1, -0.05) is 6.07 Å². The van der Waals surface area contributed by atoms with E-state index in [1.807, 2.05) is 25.9 Å². The molecule has 8 nitrogen and oxygen atoms in total. The van der Waals surface area contributed by atoms with Crippen molar-refractivity contribution < 1.29 is 28.6 Å². The van der Waals surface area contributed by atoms with E-state index in [0.717, 1.165) is 12.1 Å². The summed E-state index contributed by atoms with van der Waals surface area (Å²) >= 11 is 0. The van der Waals surface area contributed by atoms with Gasteiger partial charge in [0.05, 0.1) is 17.7 Å². The molecule has 1 unspecified atom stereocenters.